The van der Waals surface area contributed by atoms with Gasteiger partial charge in [0.1, 0.15) is 9.98 Å². The molecule has 8 nitrogen and oxygen atoms in total. The van der Waals surface area contributed by atoms with Crippen molar-refractivity contribution in [1.82, 2.24) is 31.9 Å². The smallest absolute Gasteiger partial charge is 0.106 e. The van der Waals surface area contributed by atoms with Gasteiger partial charge in [0, 0.05) is 89.2 Å². The van der Waals surface area contributed by atoms with Crippen LogP contribution in [-0.4, -0.2) is 69.2 Å². The van der Waals surface area contributed by atoms with Crippen molar-refractivity contribution < 1.29 is 0 Å². The Morgan fingerprint density at radius 1 is 0.422 bits per heavy atom. The van der Waals surface area contributed by atoms with Crippen LogP contribution in [0, 0.1) is 0 Å². The molecule has 2 rings (SSSR count). The summed E-state index contributed by atoms with van der Waals surface area (Å²) >= 11 is 32.7. The largest absolute Gasteiger partial charge is 0.380 e. The number of thiocarbonyl (C=S) groups is 6. The fourth-order valence-corrected chi connectivity index (χ4v) is 5.19. The fourth-order valence-electron chi connectivity index (χ4n) is 3.90. The minimum absolute atomic E-state index is 0.518. The number of hydrogen-bond acceptors (Lipinski definition) is 8. The molecule has 0 radical (unpaired) electrons. The molecule has 0 atom stereocenters. The second kappa shape index (κ2) is 23.1. The lowest BCUT2D eigenvalue weighted by Crippen LogP contribution is -2.33. The molecule has 0 bridgehead atoms. The highest BCUT2D eigenvalue weighted by molar-refractivity contribution is 7.81. The molecule has 0 unspecified atom stereocenters. The zero-order chi connectivity index (χ0) is 32.9. The van der Waals surface area contributed by atoms with Crippen LogP contribution in [-0.2, 0) is 13.1 Å². The molecule has 244 valence electrons. The van der Waals surface area contributed by atoms with E-state index in [0.717, 1.165) is 74.6 Å². The Morgan fingerprint density at radius 2 is 0.711 bits per heavy atom. The van der Waals surface area contributed by atoms with Crippen LogP contribution in [0.3, 0.4) is 0 Å². The van der Waals surface area contributed by atoms with E-state index in [1.807, 2.05) is 48.5 Å². The molecule has 45 heavy (non-hydrogen) atoms. The second-order valence-electron chi connectivity index (χ2n) is 10.1. The fraction of sp³-hybridized carbons (Fsp3) is 0.419. The Hall–Kier alpha value is -2.30. The summed E-state index contributed by atoms with van der Waals surface area (Å²) in [6.07, 6.45) is 3.73. The van der Waals surface area contributed by atoms with Gasteiger partial charge in [-0.1, -0.05) is 122 Å². The molecule has 14 heteroatoms. The Kier molecular flexibility index (Phi) is 19.9. The molecular weight excluding hydrogens is 677 g/mol. The third kappa shape index (κ3) is 17.3. The maximum Gasteiger partial charge on any atom is 0.106 e. The minimum Gasteiger partial charge on any atom is -0.380 e. The van der Waals surface area contributed by atoms with Crippen LogP contribution in [0.15, 0.2) is 48.5 Å². The molecule has 0 spiro atoms. The molecule has 0 saturated heterocycles. The van der Waals surface area contributed by atoms with Gasteiger partial charge in [0.15, 0.2) is 0 Å². The Morgan fingerprint density at radius 3 is 1.02 bits per heavy atom. The van der Waals surface area contributed by atoms with Gasteiger partial charge >= 0.3 is 0 Å². The summed E-state index contributed by atoms with van der Waals surface area (Å²) in [7, 11) is 0. The summed E-state index contributed by atoms with van der Waals surface area (Å²) < 4.78 is 0. The number of benzene rings is 2. The number of hydrogen-bond donors (Lipinski definition) is 8. The quantitative estimate of drug-likeness (QED) is 0.0753. The van der Waals surface area contributed by atoms with Gasteiger partial charge in [-0.3, -0.25) is 0 Å². The van der Waals surface area contributed by atoms with Gasteiger partial charge in [0.25, 0.3) is 0 Å². The second-order valence-corrected chi connectivity index (χ2v) is 12.9. The zero-order valence-electron chi connectivity index (χ0n) is 25.4. The van der Waals surface area contributed by atoms with E-state index in [4.69, 9.17) is 84.8 Å². The number of nitrogens with one attached hydrogen (secondary N) is 6. The molecule has 0 aliphatic heterocycles. The molecule has 0 aliphatic rings. The summed E-state index contributed by atoms with van der Waals surface area (Å²) in [6.45, 7) is 5.32. The third-order valence-electron chi connectivity index (χ3n) is 6.53. The highest BCUT2D eigenvalue weighted by Gasteiger charge is 2.05. The van der Waals surface area contributed by atoms with E-state index >= 15 is 0 Å². The van der Waals surface area contributed by atoms with Crippen LogP contribution < -0.4 is 43.4 Å². The molecule has 0 heterocycles. The molecule has 0 fully saturated rings. The Balaban J connectivity index is 1.42. The molecule has 0 aromatic heterocycles. The van der Waals surface area contributed by atoms with Gasteiger partial charge in [-0.25, -0.2) is 0 Å². The first kappa shape index (κ1) is 38.9. The van der Waals surface area contributed by atoms with Crippen molar-refractivity contribution >= 4 is 103 Å². The maximum absolute atomic E-state index is 5.65. The van der Waals surface area contributed by atoms with E-state index in [1.54, 1.807) is 0 Å². The predicted octanol–water partition coefficient (Wildman–Crippen LogP) is 3.45. The SMILES string of the molecule is NCc1ccc(C(=S)NCCC(=S)NCCC(=S)NCCCNC(=S)CCNC(=S)CCNC(=S)c2ccc(CN)cc2)cc1. The first-order valence-electron chi connectivity index (χ1n) is 14.9. The van der Waals surface area contributed by atoms with E-state index in [-0.39, 0.29) is 0 Å². The van der Waals surface area contributed by atoms with Crippen LogP contribution in [0.5, 0.6) is 0 Å². The third-order valence-corrected chi connectivity index (χ3v) is 8.68. The van der Waals surface area contributed by atoms with Gasteiger partial charge in [0.2, 0.25) is 0 Å². The number of rotatable bonds is 20. The average Bonchev–Trinajstić information content (AvgIpc) is 3.04. The monoisotopic (exact) mass is 720 g/mol. The van der Waals surface area contributed by atoms with Crippen molar-refractivity contribution in [1.29, 1.82) is 0 Å². The minimum atomic E-state index is 0.518. The first-order chi connectivity index (χ1) is 21.7. The zero-order valence-corrected chi connectivity index (χ0v) is 30.3. The van der Waals surface area contributed by atoms with Gasteiger partial charge in [-0.2, -0.15) is 0 Å². The van der Waals surface area contributed by atoms with Crippen molar-refractivity contribution in [3.8, 4) is 0 Å². The van der Waals surface area contributed by atoms with E-state index in [2.05, 4.69) is 31.9 Å². The summed E-state index contributed by atoms with van der Waals surface area (Å²) in [5.74, 6) is 0. The molecule has 2 aromatic rings. The molecule has 0 amide bonds. The van der Waals surface area contributed by atoms with Gasteiger partial charge in [-0.05, 0) is 17.5 Å². The molecule has 0 saturated carbocycles. The van der Waals surface area contributed by atoms with E-state index in [9.17, 15) is 0 Å². The summed E-state index contributed by atoms with van der Waals surface area (Å²) in [6, 6.07) is 15.9. The normalized spacial score (nSPS) is 10.4. The lowest BCUT2D eigenvalue weighted by molar-refractivity contribution is 0.731. The standard InChI is InChI=1S/C31H44N8S6/c32-20-22-2-6-24(7-3-22)30(44)38-18-12-28(42)36-16-10-26(40)34-14-1-15-35-27(41)11-17-37-29(43)13-19-39-31(45)25-8-4-23(21-33)5-9-25/h2-9H,1,10-21,32-33H2,(H,34,40)(H,35,41)(H,36,42)(H,37,43)(H,38,44)(H,39,45). The summed E-state index contributed by atoms with van der Waals surface area (Å²) in [4.78, 5) is 4.59. The summed E-state index contributed by atoms with van der Waals surface area (Å²) in [5, 5.41) is 19.6. The molecule has 2 aromatic carbocycles. The summed E-state index contributed by atoms with van der Waals surface area (Å²) in [5.41, 5.74) is 15.4. The van der Waals surface area contributed by atoms with Gasteiger partial charge < -0.3 is 43.4 Å². The van der Waals surface area contributed by atoms with Crippen LogP contribution in [0.2, 0.25) is 0 Å². The van der Waals surface area contributed by atoms with Crippen LogP contribution in [0.4, 0.5) is 0 Å². The predicted molar refractivity (Wildman–Crippen MR) is 214 cm³/mol. The van der Waals surface area contributed by atoms with Gasteiger partial charge in [-0.15, -0.1) is 0 Å². The molecular formula is C31H44N8S6. The van der Waals surface area contributed by atoms with E-state index in [1.165, 1.54) is 0 Å². The maximum atomic E-state index is 5.65. The van der Waals surface area contributed by atoms with Gasteiger partial charge in [0.05, 0.1) is 20.0 Å². The van der Waals surface area contributed by atoms with E-state index in [0.29, 0.717) is 62.1 Å². The van der Waals surface area contributed by atoms with Crippen molar-refractivity contribution in [3.05, 3.63) is 70.8 Å². The Labute approximate surface area is 300 Å². The van der Waals surface area contributed by atoms with Crippen LogP contribution in [0.1, 0.15) is 54.4 Å². The Bertz CT molecular complexity index is 1170. The highest BCUT2D eigenvalue weighted by Crippen LogP contribution is 2.05. The van der Waals surface area contributed by atoms with Crippen molar-refractivity contribution in [3.63, 3.8) is 0 Å². The van der Waals surface area contributed by atoms with Crippen molar-refractivity contribution in [2.75, 3.05) is 39.3 Å². The lowest BCUT2D eigenvalue weighted by atomic mass is 10.1. The lowest BCUT2D eigenvalue weighted by Gasteiger charge is -2.13. The van der Waals surface area contributed by atoms with Crippen LogP contribution in [0.25, 0.3) is 0 Å². The van der Waals surface area contributed by atoms with Crippen LogP contribution >= 0.6 is 73.3 Å². The van der Waals surface area contributed by atoms with E-state index < -0.39 is 0 Å². The molecule has 0 aliphatic carbocycles. The van der Waals surface area contributed by atoms with Crippen molar-refractivity contribution in [2.24, 2.45) is 11.5 Å². The molecule has 10 N–H and O–H groups in total. The van der Waals surface area contributed by atoms with Crippen molar-refractivity contribution in [2.45, 2.75) is 45.2 Å². The number of nitrogens with two attached hydrogens (primary N) is 2. The first-order valence-corrected chi connectivity index (χ1v) is 17.4. The average molecular weight is 721 g/mol. The topological polar surface area (TPSA) is 124 Å². The highest BCUT2D eigenvalue weighted by atomic mass is 32.1.